The Morgan fingerprint density at radius 3 is 3.15 bits per heavy atom. The second-order valence-corrected chi connectivity index (χ2v) is 4.43. The summed E-state index contributed by atoms with van der Waals surface area (Å²) in [5.74, 6) is 0.456. The van der Waals surface area contributed by atoms with Gasteiger partial charge in [-0.3, -0.25) is 0 Å². The zero-order valence-corrected chi connectivity index (χ0v) is 8.38. The monoisotopic (exact) mass is 199 g/mol. The van der Waals surface area contributed by atoms with Crippen molar-refractivity contribution >= 4 is 11.3 Å². The predicted molar refractivity (Wildman–Crippen MR) is 50.9 cm³/mol. The van der Waals surface area contributed by atoms with E-state index in [0.717, 1.165) is 29.5 Å². The highest BCUT2D eigenvalue weighted by molar-refractivity contribution is 7.11. The first-order valence-electron chi connectivity index (χ1n) is 4.49. The summed E-state index contributed by atoms with van der Waals surface area (Å²) in [6, 6.07) is 0. The fourth-order valence-corrected chi connectivity index (χ4v) is 2.39. The van der Waals surface area contributed by atoms with E-state index in [4.69, 9.17) is 4.74 Å². The van der Waals surface area contributed by atoms with Gasteiger partial charge in [0.2, 0.25) is 0 Å². The minimum atomic E-state index is -0.395. The van der Waals surface area contributed by atoms with Crippen LogP contribution in [0.5, 0.6) is 0 Å². The third kappa shape index (κ3) is 1.90. The Hall–Kier alpha value is -0.450. The fraction of sp³-hybridized carbons (Fsp3) is 0.667. The lowest BCUT2D eigenvalue weighted by molar-refractivity contribution is 0.194. The topological polar surface area (TPSA) is 42.4 Å². The van der Waals surface area contributed by atoms with E-state index in [1.165, 1.54) is 0 Å². The second kappa shape index (κ2) is 3.74. The third-order valence-electron chi connectivity index (χ3n) is 2.23. The van der Waals surface area contributed by atoms with Crippen molar-refractivity contribution in [2.24, 2.45) is 0 Å². The lowest BCUT2D eigenvalue weighted by Gasteiger charge is -2.01. The number of aliphatic hydroxyl groups is 1. The number of nitrogens with zero attached hydrogens (tertiary/aromatic N) is 1. The molecule has 0 bridgehead atoms. The molecule has 1 aliphatic rings. The molecule has 1 aromatic heterocycles. The molecule has 2 rings (SSSR count). The van der Waals surface area contributed by atoms with Crippen molar-refractivity contribution in [1.29, 1.82) is 0 Å². The van der Waals surface area contributed by atoms with Crippen molar-refractivity contribution in [2.45, 2.75) is 25.4 Å². The van der Waals surface area contributed by atoms with Gasteiger partial charge in [-0.05, 0) is 13.3 Å². The van der Waals surface area contributed by atoms with Crippen LogP contribution in [0, 0.1) is 0 Å². The SMILES string of the molecule is CC(O)c1cnc(C2CCOC2)s1. The lowest BCUT2D eigenvalue weighted by atomic mass is 10.1. The molecular weight excluding hydrogens is 186 g/mol. The van der Waals surface area contributed by atoms with Gasteiger partial charge < -0.3 is 9.84 Å². The minimum Gasteiger partial charge on any atom is -0.388 e. The maximum atomic E-state index is 9.32. The predicted octanol–water partition coefficient (Wildman–Crippen LogP) is 1.70. The van der Waals surface area contributed by atoms with Crippen LogP contribution in [0.25, 0.3) is 0 Å². The van der Waals surface area contributed by atoms with Gasteiger partial charge in [0, 0.05) is 18.7 Å². The molecule has 72 valence electrons. The van der Waals surface area contributed by atoms with E-state index in [1.807, 2.05) is 0 Å². The van der Waals surface area contributed by atoms with Gasteiger partial charge in [-0.25, -0.2) is 4.98 Å². The first-order valence-corrected chi connectivity index (χ1v) is 5.30. The van der Waals surface area contributed by atoms with Crippen LogP contribution in [0.2, 0.25) is 0 Å². The van der Waals surface area contributed by atoms with Gasteiger partial charge in [0.25, 0.3) is 0 Å². The first-order chi connectivity index (χ1) is 6.27. The molecule has 1 aliphatic heterocycles. The smallest absolute Gasteiger partial charge is 0.0983 e. The molecule has 1 saturated heterocycles. The maximum absolute atomic E-state index is 9.32. The van der Waals surface area contributed by atoms with E-state index < -0.39 is 6.10 Å². The standard InChI is InChI=1S/C9H13NO2S/c1-6(11)8-4-10-9(13-8)7-2-3-12-5-7/h4,6-7,11H,2-3,5H2,1H3. The summed E-state index contributed by atoms with van der Waals surface area (Å²) in [5, 5.41) is 10.4. The average Bonchev–Trinajstić information content (AvgIpc) is 2.75. The molecule has 13 heavy (non-hydrogen) atoms. The van der Waals surface area contributed by atoms with Gasteiger partial charge in [-0.15, -0.1) is 11.3 Å². The molecule has 2 heterocycles. The molecule has 0 amide bonds. The van der Waals surface area contributed by atoms with Crippen LogP contribution < -0.4 is 0 Å². The van der Waals surface area contributed by atoms with Gasteiger partial charge in [0.05, 0.1) is 22.6 Å². The summed E-state index contributed by atoms with van der Waals surface area (Å²) in [4.78, 5) is 5.24. The molecule has 0 radical (unpaired) electrons. The van der Waals surface area contributed by atoms with Crippen LogP contribution in [0.1, 0.15) is 35.3 Å². The number of thiazole rings is 1. The Labute approximate surface area is 81.4 Å². The van der Waals surface area contributed by atoms with Crippen molar-refractivity contribution in [1.82, 2.24) is 4.98 Å². The van der Waals surface area contributed by atoms with E-state index in [2.05, 4.69) is 4.98 Å². The number of ether oxygens (including phenoxy) is 1. The van der Waals surface area contributed by atoms with Crippen LogP contribution in [0.4, 0.5) is 0 Å². The zero-order chi connectivity index (χ0) is 9.26. The Balaban J connectivity index is 2.12. The molecule has 0 spiro atoms. The summed E-state index contributed by atoms with van der Waals surface area (Å²) in [6.07, 6.45) is 2.43. The molecule has 1 N–H and O–H groups in total. The van der Waals surface area contributed by atoms with Crippen molar-refractivity contribution < 1.29 is 9.84 Å². The number of aromatic nitrogens is 1. The normalized spacial score (nSPS) is 24.9. The summed E-state index contributed by atoms with van der Waals surface area (Å²) < 4.78 is 5.29. The number of rotatable bonds is 2. The van der Waals surface area contributed by atoms with Crippen LogP contribution in [0.3, 0.4) is 0 Å². The van der Waals surface area contributed by atoms with Gasteiger partial charge in [0.1, 0.15) is 0 Å². The van der Waals surface area contributed by atoms with Crippen molar-refractivity contribution in [3.8, 4) is 0 Å². The molecule has 2 atom stereocenters. The van der Waals surface area contributed by atoms with E-state index >= 15 is 0 Å². The molecule has 2 unspecified atom stereocenters. The van der Waals surface area contributed by atoms with E-state index in [0.29, 0.717) is 5.92 Å². The number of aliphatic hydroxyl groups excluding tert-OH is 1. The minimum absolute atomic E-state index is 0.395. The Kier molecular flexibility index (Phi) is 2.62. The van der Waals surface area contributed by atoms with Gasteiger partial charge in [0.15, 0.2) is 0 Å². The van der Waals surface area contributed by atoms with Gasteiger partial charge in [-0.1, -0.05) is 0 Å². The van der Waals surface area contributed by atoms with Gasteiger partial charge >= 0.3 is 0 Å². The van der Waals surface area contributed by atoms with Gasteiger partial charge in [-0.2, -0.15) is 0 Å². The second-order valence-electron chi connectivity index (χ2n) is 3.34. The highest BCUT2D eigenvalue weighted by Gasteiger charge is 2.21. The summed E-state index contributed by atoms with van der Waals surface area (Å²) >= 11 is 1.60. The molecule has 3 nitrogen and oxygen atoms in total. The highest BCUT2D eigenvalue weighted by atomic mass is 32.1. The van der Waals surface area contributed by atoms with Crippen LogP contribution >= 0.6 is 11.3 Å². The molecule has 0 aliphatic carbocycles. The third-order valence-corrected chi connectivity index (χ3v) is 3.56. The van der Waals surface area contributed by atoms with Crippen LogP contribution in [0.15, 0.2) is 6.20 Å². The Morgan fingerprint density at radius 2 is 2.62 bits per heavy atom. The molecular formula is C9H13NO2S. The largest absolute Gasteiger partial charge is 0.388 e. The Morgan fingerprint density at radius 1 is 1.77 bits per heavy atom. The first kappa shape index (κ1) is 9.12. The molecule has 4 heteroatoms. The molecule has 0 aromatic carbocycles. The highest BCUT2D eigenvalue weighted by Crippen LogP contribution is 2.30. The lowest BCUT2D eigenvalue weighted by Crippen LogP contribution is -1.95. The summed E-state index contributed by atoms with van der Waals surface area (Å²) in [5.41, 5.74) is 0. The maximum Gasteiger partial charge on any atom is 0.0983 e. The van der Waals surface area contributed by atoms with Crippen molar-refractivity contribution in [3.63, 3.8) is 0 Å². The van der Waals surface area contributed by atoms with Crippen LogP contribution in [-0.4, -0.2) is 23.3 Å². The zero-order valence-electron chi connectivity index (χ0n) is 7.56. The molecule has 1 aromatic rings. The summed E-state index contributed by atoms with van der Waals surface area (Å²) in [6.45, 7) is 3.39. The molecule has 1 fully saturated rings. The quantitative estimate of drug-likeness (QED) is 0.788. The van der Waals surface area contributed by atoms with E-state index in [9.17, 15) is 5.11 Å². The fourth-order valence-electron chi connectivity index (χ4n) is 1.41. The average molecular weight is 199 g/mol. The van der Waals surface area contributed by atoms with E-state index in [-0.39, 0.29) is 0 Å². The van der Waals surface area contributed by atoms with E-state index in [1.54, 1.807) is 24.5 Å². The van der Waals surface area contributed by atoms with Crippen LogP contribution in [-0.2, 0) is 4.74 Å². The summed E-state index contributed by atoms with van der Waals surface area (Å²) in [7, 11) is 0. The van der Waals surface area contributed by atoms with Crippen molar-refractivity contribution in [2.75, 3.05) is 13.2 Å². The molecule has 0 saturated carbocycles. The Bertz CT molecular complexity index is 279. The number of hydrogen-bond donors (Lipinski definition) is 1. The number of hydrogen-bond acceptors (Lipinski definition) is 4. The van der Waals surface area contributed by atoms with Crippen molar-refractivity contribution in [3.05, 3.63) is 16.1 Å².